The zero-order chi connectivity index (χ0) is 14.9. The van der Waals surface area contributed by atoms with Crippen molar-refractivity contribution in [2.75, 3.05) is 0 Å². The van der Waals surface area contributed by atoms with Crippen molar-refractivity contribution < 1.29 is 9.52 Å². The molecule has 0 aliphatic rings. The SMILES string of the molecule is Oc1ccc(-c2nc3cc(-c4ccccc4)ccc3o2)cc1. The zero-order valence-electron chi connectivity index (χ0n) is 11.7. The molecule has 0 saturated carbocycles. The fourth-order valence-corrected chi connectivity index (χ4v) is 2.47. The van der Waals surface area contributed by atoms with Crippen molar-refractivity contribution >= 4 is 11.1 Å². The lowest BCUT2D eigenvalue weighted by Gasteiger charge is -1.99. The second-order valence-corrected chi connectivity index (χ2v) is 5.11. The molecular formula is C19H13NO2. The fraction of sp³-hybridized carbons (Fsp3) is 0. The van der Waals surface area contributed by atoms with E-state index < -0.39 is 0 Å². The molecule has 0 fully saturated rings. The molecule has 0 atom stereocenters. The van der Waals surface area contributed by atoms with Crippen LogP contribution in [0, 0.1) is 0 Å². The van der Waals surface area contributed by atoms with Crippen LogP contribution in [0.25, 0.3) is 33.7 Å². The number of fused-ring (bicyclic) bond motifs is 1. The van der Waals surface area contributed by atoms with Crippen LogP contribution in [0.2, 0.25) is 0 Å². The summed E-state index contributed by atoms with van der Waals surface area (Å²) in [6.45, 7) is 0. The van der Waals surface area contributed by atoms with E-state index in [-0.39, 0.29) is 5.75 Å². The number of benzene rings is 3. The highest BCUT2D eigenvalue weighted by Gasteiger charge is 2.09. The summed E-state index contributed by atoms with van der Waals surface area (Å²) < 4.78 is 5.79. The van der Waals surface area contributed by atoms with E-state index in [9.17, 15) is 5.11 Å². The van der Waals surface area contributed by atoms with Gasteiger partial charge in [0.25, 0.3) is 0 Å². The van der Waals surface area contributed by atoms with Gasteiger partial charge in [-0.1, -0.05) is 36.4 Å². The highest BCUT2D eigenvalue weighted by Crippen LogP contribution is 2.28. The second kappa shape index (κ2) is 5.04. The summed E-state index contributed by atoms with van der Waals surface area (Å²) in [4.78, 5) is 4.55. The summed E-state index contributed by atoms with van der Waals surface area (Å²) in [5, 5.41) is 9.35. The maximum absolute atomic E-state index is 9.35. The van der Waals surface area contributed by atoms with Gasteiger partial charge in [-0.2, -0.15) is 0 Å². The highest BCUT2D eigenvalue weighted by molar-refractivity contribution is 5.82. The third kappa shape index (κ3) is 2.23. The number of nitrogens with zero attached hydrogens (tertiary/aromatic N) is 1. The molecule has 22 heavy (non-hydrogen) atoms. The first-order chi connectivity index (χ1) is 10.8. The molecule has 1 N–H and O–H groups in total. The molecule has 106 valence electrons. The second-order valence-electron chi connectivity index (χ2n) is 5.11. The Kier molecular flexibility index (Phi) is 2.90. The van der Waals surface area contributed by atoms with Gasteiger partial charge in [0.1, 0.15) is 11.3 Å². The van der Waals surface area contributed by atoms with E-state index in [1.165, 1.54) is 0 Å². The van der Waals surface area contributed by atoms with E-state index >= 15 is 0 Å². The van der Waals surface area contributed by atoms with Crippen molar-refractivity contribution in [3.8, 4) is 28.3 Å². The van der Waals surface area contributed by atoms with Crippen LogP contribution in [0.5, 0.6) is 5.75 Å². The third-order valence-corrected chi connectivity index (χ3v) is 3.61. The number of phenols is 1. The quantitative estimate of drug-likeness (QED) is 0.572. The molecule has 0 aliphatic carbocycles. The molecule has 4 rings (SSSR count). The molecule has 3 heteroatoms. The van der Waals surface area contributed by atoms with Gasteiger partial charge in [0.2, 0.25) is 5.89 Å². The first-order valence-corrected chi connectivity index (χ1v) is 7.05. The average molecular weight is 287 g/mol. The lowest BCUT2D eigenvalue weighted by atomic mass is 10.1. The van der Waals surface area contributed by atoms with Crippen molar-refractivity contribution in [1.29, 1.82) is 0 Å². The molecule has 0 unspecified atom stereocenters. The molecule has 3 nitrogen and oxygen atoms in total. The van der Waals surface area contributed by atoms with Crippen molar-refractivity contribution in [2.24, 2.45) is 0 Å². The molecule has 4 aromatic rings. The van der Waals surface area contributed by atoms with E-state index in [2.05, 4.69) is 17.1 Å². The molecule has 0 aliphatic heterocycles. The number of hydrogen-bond donors (Lipinski definition) is 1. The third-order valence-electron chi connectivity index (χ3n) is 3.61. The minimum atomic E-state index is 0.228. The van der Waals surface area contributed by atoms with E-state index in [1.54, 1.807) is 24.3 Å². The average Bonchev–Trinajstić information content (AvgIpc) is 2.99. The zero-order valence-corrected chi connectivity index (χ0v) is 11.7. The van der Waals surface area contributed by atoms with E-state index in [4.69, 9.17) is 4.42 Å². The van der Waals surface area contributed by atoms with Crippen LogP contribution in [0.15, 0.2) is 77.2 Å². The Bertz CT molecular complexity index is 925. The van der Waals surface area contributed by atoms with Gasteiger partial charge in [-0.25, -0.2) is 4.98 Å². The molecule has 0 saturated heterocycles. The summed E-state index contributed by atoms with van der Waals surface area (Å²) in [5.74, 6) is 0.784. The van der Waals surface area contributed by atoms with E-state index in [0.29, 0.717) is 5.89 Å². The molecule has 0 bridgehead atoms. The Morgan fingerprint density at radius 1 is 0.727 bits per heavy atom. The van der Waals surface area contributed by atoms with Crippen LogP contribution in [-0.2, 0) is 0 Å². The predicted octanol–water partition coefficient (Wildman–Crippen LogP) is 4.87. The lowest BCUT2D eigenvalue weighted by Crippen LogP contribution is -1.78. The van der Waals surface area contributed by atoms with Crippen molar-refractivity contribution in [1.82, 2.24) is 4.98 Å². The van der Waals surface area contributed by atoms with Gasteiger partial charge >= 0.3 is 0 Å². The standard InChI is InChI=1S/C19H13NO2/c21-16-9-6-14(7-10-16)19-20-17-12-15(8-11-18(17)22-19)13-4-2-1-3-5-13/h1-12,21H. The minimum absolute atomic E-state index is 0.228. The highest BCUT2D eigenvalue weighted by atomic mass is 16.3. The number of rotatable bonds is 2. The van der Waals surface area contributed by atoms with Crippen LogP contribution >= 0.6 is 0 Å². The van der Waals surface area contributed by atoms with Gasteiger partial charge in [0.15, 0.2) is 5.58 Å². The van der Waals surface area contributed by atoms with Crippen LogP contribution in [-0.4, -0.2) is 10.1 Å². The Morgan fingerprint density at radius 3 is 2.23 bits per heavy atom. The molecule has 1 heterocycles. The van der Waals surface area contributed by atoms with Crippen molar-refractivity contribution in [3.63, 3.8) is 0 Å². The van der Waals surface area contributed by atoms with E-state index in [0.717, 1.165) is 27.8 Å². The maximum atomic E-state index is 9.35. The summed E-state index contributed by atoms with van der Waals surface area (Å²) in [6, 6.07) is 23.0. The molecule has 1 aromatic heterocycles. The predicted molar refractivity (Wildman–Crippen MR) is 86.5 cm³/mol. The molecule has 0 amide bonds. The largest absolute Gasteiger partial charge is 0.508 e. The van der Waals surface area contributed by atoms with Crippen molar-refractivity contribution in [2.45, 2.75) is 0 Å². The number of oxazole rings is 1. The smallest absolute Gasteiger partial charge is 0.227 e. The minimum Gasteiger partial charge on any atom is -0.508 e. The van der Waals surface area contributed by atoms with Crippen LogP contribution in [0.4, 0.5) is 0 Å². The number of phenolic OH excluding ortho intramolecular Hbond substituents is 1. The van der Waals surface area contributed by atoms with Gasteiger partial charge in [-0.15, -0.1) is 0 Å². The van der Waals surface area contributed by atoms with Crippen LogP contribution in [0.3, 0.4) is 0 Å². The molecular weight excluding hydrogens is 274 g/mol. The summed E-state index contributed by atoms with van der Waals surface area (Å²) >= 11 is 0. The number of aromatic hydroxyl groups is 1. The van der Waals surface area contributed by atoms with Gasteiger partial charge in [-0.05, 0) is 47.5 Å². The Hall–Kier alpha value is -3.07. The fourth-order valence-electron chi connectivity index (χ4n) is 2.47. The Balaban J connectivity index is 1.80. The molecule has 3 aromatic carbocycles. The summed E-state index contributed by atoms with van der Waals surface area (Å²) in [5.41, 5.74) is 4.68. The lowest BCUT2D eigenvalue weighted by molar-refractivity contribution is 0.475. The topological polar surface area (TPSA) is 46.3 Å². The van der Waals surface area contributed by atoms with Crippen LogP contribution in [0.1, 0.15) is 0 Å². The van der Waals surface area contributed by atoms with Gasteiger partial charge in [0.05, 0.1) is 0 Å². The summed E-state index contributed by atoms with van der Waals surface area (Å²) in [7, 11) is 0. The van der Waals surface area contributed by atoms with Gasteiger partial charge < -0.3 is 9.52 Å². The first-order valence-electron chi connectivity index (χ1n) is 7.05. The number of aromatic nitrogens is 1. The molecule has 0 spiro atoms. The van der Waals surface area contributed by atoms with Crippen molar-refractivity contribution in [3.05, 3.63) is 72.8 Å². The molecule has 0 radical (unpaired) electrons. The summed E-state index contributed by atoms with van der Waals surface area (Å²) in [6.07, 6.45) is 0. The normalized spacial score (nSPS) is 10.9. The van der Waals surface area contributed by atoms with Gasteiger partial charge in [-0.3, -0.25) is 0 Å². The monoisotopic (exact) mass is 287 g/mol. The van der Waals surface area contributed by atoms with E-state index in [1.807, 2.05) is 36.4 Å². The van der Waals surface area contributed by atoms with Crippen LogP contribution < -0.4 is 0 Å². The maximum Gasteiger partial charge on any atom is 0.227 e. The van der Waals surface area contributed by atoms with Gasteiger partial charge in [0, 0.05) is 5.56 Å². The first kappa shape index (κ1) is 12.7. The Morgan fingerprint density at radius 2 is 1.45 bits per heavy atom. The number of hydrogen-bond acceptors (Lipinski definition) is 3. The Labute approximate surface area is 127 Å².